The Bertz CT molecular complexity index is 1250. The molecule has 0 unspecified atom stereocenters. The topological polar surface area (TPSA) is 113 Å². The van der Waals surface area contributed by atoms with Gasteiger partial charge in [-0.05, 0) is 60.6 Å². The Kier molecular flexibility index (Phi) is 8.72. The van der Waals surface area contributed by atoms with Gasteiger partial charge in [-0.2, -0.15) is 0 Å². The number of benzene rings is 1. The van der Waals surface area contributed by atoms with Gasteiger partial charge in [0.05, 0.1) is 5.56 Å². The Morgan fingerprint density at radius 1 is 1.00 bits per heavy atom. The molecule has 8 heteroatoms. The second-order valence-corrected chi connectivity index (χ2v) is 9.45. The van der Waals surface area contributed by atoms with Crippen molar-refractivity contribution in [2.75, 3.05) is 7.05 Å². The second kappa shape index (κ2) is 12.3. The van der Waals surface area contributed by atoms with E-state index in [1.54, 1.807) is 31.6 Å². The summed E-state index contributed by atoms with van der Waals surface area (Å²) in [4.78, 5) is 42.1. The zero-order valence-electron chi connectivity index (χ0n) is 21.4. The third-order valence-corrected chi connectivity index (χ3v) is 6.90. The normalized spacial score (nSPS) is 14.5. The molecule has 1 fully saturated rings. The van der Waals surface area contributed by atoms with Gasteiger partial charge in [-0.15, -0.1) is 0 Å². The van der Waals surface area contributed by atoms with Gasteiger partial charge in [0.25, 0.3) is 11.8 Å². The minimum atomic E-state index is -0.577. The lowest BCUT2D eigenvalue weighted by molar-refractivity contribution is -0.124. The maximum atomic E-state index is 13.0. The zero-order chi connectivity index (χ0) is 26.2. The van der Waals surface area contributed by atoms with Gasteiger partial charge in [-0.3, -0.25) is 19.4 Å². The fourth-order valence-corrected chi connectivity index (χ4v) is 4.77. The van der Waals surface area contributed by atoms with Gasteiger partial charge in [0.15, 0.2) is 5.76 Å². The molecule has 1 saturated carbocycles. The van der Waals surface area contributed by atoms with Crippen LogP contribution in [0.15, 0.2) is 59.3 Å². The van der Waals surface area contributed by atoms with Crippen molar-refractivity contribution < 1.29 is 18.8 Å². The van der Waals surface area contributed by atoms with E-state index in [1.165, 1.54) is 6.42 Å². The average Bonchev–Trinajstić information content (AvgIpc) is 3.45. The molecule has 2 heterocycles. The number of rotatable bonds is 9. The Hall–Kier alpha value is -3.94. The van der Waals surface area contributed by atoms with Crippen LogP contribution in [-0.2, 0) is 17.8 Å². The maximum absolute atomic E-state index is 13.0. The average molecular weight is 503 g/mol. The van der Waals surface area contributed by atoms with Gasteiger partial charge in [-0.25, -0.2) is 0 Å². The number of hydrogen-bond acceptors (Lipinski definition) is 5. The van der Waals surface area contributed by atoms with Crippen LogP contribution < -0.4 is 16.0 Å². The summed E-state index contributed by atoms with van der Waals surface area (Å²) < 4.78 is 5.87. The number of nitrogens with one attached hydrogen (secondary N) is 3. The molecule has 4 rings (SSSR count). The molecule has 1 aliphatic carbocycles. The van der Waals surface area contributed by atoms with Crippen molar-refractivity contribution in [3.8, 4) is 11.3 Å². The number of carbonyl (C=O) groups excluding carboxylic acids is 3. The van der Waals surface area contributed by atoms with Crippen molar-refractivity contribution in [1.82, 2.24) is 20.9 Å². The van der Waals surface area contributed by atoms with Crippen molar-refractivity contribution in [3.05, 3.63) is 77.3 Å². The van der Waals surface area contributed by atoms with Crippen molar-refractivity contribution >= 4 is 17.7 Å². The monoisotopic (exact) mass is 502 g/mol. The number of aromatic nitrogens is 1. The molecule has 0 aliphatic heterocycles. The molecule has 1 aromatic carbocycles. The Labute approximate surface area is 217 Å². The van der Waals surface area contributed by atoms with E-state index in [1.807, 2.05) is 37.3 Å². The van der Waals surface area contributed by atoms with E-state index in [-0.39, 0.29) is 23.5 Å². The highest BCUT2D eigenvalue weighted by Gasteiger charge is 2.31. The Balaban J connectivity index is 1.41. The minimum Gasteiger partial charge on any atom is -0.451 e. The molecular formula is C29H34N4O4. The van der Waals surface area contributed by atoms with Gasteiger partial charge in [0, 0.05) is 31.5 Å². The standard InChI is InChI=1S/C29H34N4O4/c1-3-19-14-23(18-31-16-19)27(34)32-17-20-8-7-11-22(15-20)24-12-13-25(37-24)28(35)33-26(29(36)30-2)21-9-5-4-6-10-21/h7-8,11-16,18,21,26H,3-6,9-10,17H2,1-2H3,(H,30,36)(H,32,34)(H,33,35)/t26-/m1/s1. The van der Waals surface area contributed by atoms with Gasteiger partial charge < -0.3 is 20.4 Å². The van der Waals surface area contributed by atoms with E-state index in [9.17, 15) is 14.4 Å². The SMILES string of the molecule is CCc1cncc(C(=O)NCc2cccc(-c3ccc(C(=O)N[C@@H](C(=O)NC)C4CCCCC4)o3)c2)c1. The second-order valence-electron chi connectivity index (χ2n) is 9.45. The smallest absolute Gasteiger partial charge is 0.287 e. The summed E-state index contributed by atoms with van der Waals surface area (Å²) in [5.41, 5.74) is 3.22. The van der Waals surface area contributed by atoms with Gasteiger partial charge in [0.1, 0.15) is 11.8 Å². The molecule has 0 saturated heterocycles. The summed E-state index contributed by atoms with van der Waals surface area (Å²) in [5, 5.41) is 8.49. The Morgan fingerprint density at radius 3 is 2.57 bits per heavy atom. The van der Waals surface area contributed by atoms with Crippen LogP contribution in [0.3, 0.4) is 0 Å². The number of nitrogens with zero attached hydrogens (tertiary/aromatic N) is 1. The first-order chi connectivity index (χ1) is 18.0. The van der Waals surface area contributed by atoms with Crippen molar-refractivity contribution in [3.63, 3.8) is 0 Å². The summed E-state index contributed by atoms with van der Waals surface area (Å²) in [6.07, 6.45) is 9.27. The number of carbonyl (C=O) groups is 3. The fraction of sp³-hybridized carbons (Fsp3) is 0.379. The highest BCUT2D eigenvalue weighted by Crippen LogP contribution is 2.28. The zero-order valence-corrected chi connectivity index (χ0v) is 21.4. The third kappa shape index (κ3) is 6.64. The molecule has 3 N–H and O–H groups in total. The maximum Gasteiger partial charge on any atom is 0.287 e. The van der Waals surface area contributed by atoms with Crippen LogP contribution in [0.25, 0.3) is 11.3 Å². The van der Waals surface area contributed by atoms with E-state index in [0.717, 1.165) is 48.8 Å². The summed E-state index contributed by atoms with van der Waals surface area (Å²) >= 11 is 0. The van der Waals surface area contributed by atoms with Crippen LogP contribution >= 0.6 is 0 Å². The van der Waals surface area contributed by atoms with Crippen LogP contribution in [0.5, 0.6) is 0 Å². The first-order valence-corrected chi connectivity index (χ1v) is 12.9. The van der Waals surface area contributed by atoms with Gasteiger partial charge in [0.2, 0.25) is 5.91 Å². The molecule has 0 bridgehead atoms. The molecule has 1 aliphatic rings. The number of pyridine rings is 1. The predicted octanol–water partition coefficient (Wildman–Crippen LogP) is 4.26. The summed E-state index contributed by atoms with van der Waals surface area (Å²) in [5.74, 6) is 0.0396. The van der Waals surface area contributed by atoms with Crippen LogP contribution in [-0.4, -0.2) is 35.8 Å². The molecule has 37 heavy (non-hydrogen) atoms. The molecule has 3 aromatic rings. The lowest BCUT2D eigenvalue weighted by Gasteiger charge is -2.29. The van der Waals surface area contributed by atoms with E-state index in [4.69, 9.17) is 4.42 Å². The Morgan fingerprint density at radius 2 is 1.81 bits per heavy atom. The molecule has 3 amide bonds. The molecule has 0 spiro atoms. The summed E-state index contributed by atoms with van der Waals surface area (Å²) in [6.45, 7) is 2.36. The van der Waals surface area contributed by atoms with Gasteiger partial charge >= 0.3 is 0 Å². The minimum absolute atomic E-state index is 0.124. The highest BCUT2D eigenvalue weighted by molar-refractivity contribution is 5.96. The quantitative estimate of drug-likeness (QED) is 0.405. The van der Waals surface area contributed by atoms with Crippen molar-refractivity contribution in [2.24, 2.45) is 5.92 Å². The van der Waals surface area contributed by atoms with E-state index in [0.29, 0.717) is 17.9 Å². The summed E-state index contributed by atoms with van der Waals surface area (Å²) in [6, 6.07) is 12.2. The first kappa shape index (κ1) is 26.1. The number of hydrogen-bond donors (Lipinski definition) is 3. The van der Waals surface area contributed by atoms with E-state index in [2.05, 4.69) is 20.9 Å². The molecular weight excluding hydrogens is 468 g/mol. The lowest BCUT2D eigenvalue weighted by Crippen LogP contribution is -2.50. The number of furan rings is 1. The predicted molar refractivity (Wildman–Crippen MR) is 141 cm³/mol. The molecule has 2 aromatic heterocycles. The van der Waals surface area contributed by atoms with Crippen molar-refractivity contribution in [2.45, 2.75) is 58.0 Å². The van der Waals surface area contributed by atoms with Gasteiger partial charge in [-0.1, -0.05) is 44.4 Å². The molecule has 0 radical (unpaired) electrons. The number of aryl methyl sites for hydroxylation is 1. The van der Waals surface area contributed by atoms with E-state index >= 15 is 0 Å². The summed E-state index contributed by atoms with van der Waals surface area (Å²) in [7, 11) is 1.59. The number of amides is 3. The van der Waals surface area contributed by atoms with Crippen molar-refractivity contribution in [1.29, 1.82) is 0 Å². The molecule has 1 atom stereocenters. The van der Waals surface area contributed by atoms with Crippen LogP contribution in [0, 0.1) is 5.92 Å². The molecule has 194 valence electrons. The van der Waals surface area contributed by atoms with Crippen LogP contribution in [0.1, 0.15) is 71.1 Å². The fourth-order valence-electron chi connectivity index (χ4n) is 4.77. The number of likely N-dealkylation sites (N-methyl/N-ethyl adjacent to an activating group) is 1. The lowest BCUT2D eigenvalue weighted by atomic mass is 9.83. The van der Waals surface area contributed by atoms with E-state index < -0.39 is 11.9 Å². The highest BCUT2D eigenvalue weighted by atomic mass is 16.4. The van der Waals surface area contributed by atoms with Crippen LogP contribution in [0.4, 0.5) is 0 Å². The molecule has 8 nitrogen and oxygen atoms in total. The van der Waals surface area contributed by atoms with Crippen LogP contribution in [0.2, 0.25) is 0 Å². The first-order valence-electron chi connectivity index (χ1n) is 12.9. The third-order valence-electron chi connectivity index (χ3n) is 6.90. The largest absolute Gasteiger partial charge is 0.451 e.